The molecule has 0 aromatic heterocycles. The highest BCUT2D eigenvalue weighted by Gasteiger charge is 2.12. The van der Waals surface area contributed by atoms with Crippen molar-refractivity contribution in [2.45, 2.75) is 39.1 Å². The van der Waals surface area contributed by atoms with Crippen molar-refractivity contribution in [1.29, 1.82) is 0 Å². The van der Waals surface area contributed by atoms with Crippen molar-refractivity contribution in [1.82, 2.24) is 0 Å². The summed E-state index contributed by atoms with van der Waals surface area (Å²) in [7, 11) is 0. The van der Waals surface area contributed by atoms with E-state index in [0.29, 0.717) is 11.9 Å². The molecule has 0 heterocycles. The number of hydrogen-bond donors (Lipinski definition) is 0. The lowest BCUT2D eigenvalue weighted by Crippen LogP contribution is -2.32. The quantitative estimate of drug-likeness (QED) is 0.693. The van der Waals surface area contributed by atoms with Crippen molar-refractivity contribution in [3.8, 4) is 0 Å². The van der Waals surface area contributed by atoms with E-state index < -0.39 is 0 Å². The first-order valence-electron chi connectivity index (χ1n) is 5.75. The summed E-state index contributed by atoms with van der Waals surface area (Å²) >= 11 is 12.0. The van der Waals surface area contributed by atoms with Crippen molar-refractivity contribution >= 4 is 28.9 Å². The molecule has 0 saturated carbocycles. The Morgan fingerprint density at radius 2 is 2.00 bits per heavy atom. The van der Waals surface area contributed by atoms with Gasteiger partial charge in [-0.05, 0) is 38.0 Å². The predicted octanol–water partition coefficient (Wildman–Crippen LogP) is 4.70. The minimum Gasteiger partial charge on any atom is -0.369 e. The summed E-state index contributed by atoms with van der Waals surface area (Å²) in [5.41, 5.74) is 2.17. The highest BCUT2D eigenvalue weighted by atomic mass is 35.5. The molecule has 1 atom stereocenters. The fourth-order valence-corrected chi connectivity index (χ4v) is 2.34. The summed E-state index contributed by atoms with van der Waals surface area (Å²) in [6, 6.07) is 6.65. The van der Waals surface area contributed by atoms with Crippen molar-refractivity contribution in [2.75, 3.05) is 11.4 Å². The van der Waals surface area contributed by atoms with E-state index in [1.165, 1.54) is 5.69 Å². The Hall–Kier alpha value is -0.400. The zero-order valence-corrected chi connectivity index (χ0v) is 11.6. The molecular formula is C13H19Cl2N. The van der Waals surface area contributed by atoms with Crippen LogP contribution >= 0.6 is 23.2 Å². The van der Waals surface area contributed by atoms with E-state index in [1.807, 2.05) is 12.1 Å². The van der Waals surface area contributed by atoms with Gasteiger partial charge in [0.05, 0.1) is 0 Å². The van der Waals surface area contributed by atoms with Crippen LogP contribution < -0.4 is 4.90 Å². The predicted molar refractivity (Wildman–Crippen MR) is 73.8 cm³/mol. The topological polar surface area (TPSA) is 3.24 Å². The van der Waals surface area contributed by atoms with Crippen LogP contribution in [0.5, 0.6) is 0 Å². The Balaban J connectivity index is 2.98. The third-order valence-electron chi connectivity index (χ3n) is 2.98. The van der Waals surface area contributed by atoms with E-state index in [1.54, 1.807) is 0 Å². The lowest BCUT2D eigenvalue weighted by Gasteiger charge is -2.29. The van der Waals surface area contributed by atoms with E-state index in [4.69, 9.17) is 23.2 Å². The van der Waals surface area contributed by atoms with Gasteiger partial charge in [0.15, 0.2) is 0 Å². The fourth-order valence-electron chi connectivity index (χ4n) is 1.79. The molecule has 0 N–H and O–H groups in total. The largest absolute Gasteiger partial charge is 0.369 e. The van der Waals surface area contributed by atoms with Gasteiger partial charge in [0.25, 0.3) is 0 Å². The minimum atomic E-state index is 0.467. The highest BCUT2D eigenvalue weighted by molar-refractivity contribution is 6.32. The molecule has 90 valence electrons. The van der Waals surface area contributed by atoms with Gasteiger partial charge in [-0.3, -0.25) is 0 Å². The molecule has 1 rings (SSSR count). The smallest absolute Gasteiger partial charge is 0.0488 e. The van der Waals surface area contributed by atoms with Crippen LogP contribution in [0.4, 0.5) is 5.69 Å². The van der Waals surface area contributed by atoms with Gasteiger partial charge in [-0.2, -0.15) is 0 Å². The second-order valence-electron chi connectivity index (χ2n) is 3.95. The summed E-state index contributed by atoms with van der Waals surface area (Å²) in [5, 5.41) is 0.759. The molecule has 1 aromatic carbocycles. The molecule has 0 saturated heterocycles. The maximum absolute atomic E-state index is 6.17. The van der Waals surface area contributed by atoms with Crippen molar-refractivity contribution in [3.63, 3.8) is 0 Å². The Labute approximate surface area is 108 Å². The Morgan fingerprint density at radius 1 is 1.31 bits per heavy atom. The van der Waals surface area contributed by atoms with E-state index in [9.17, 15) is 0 Å². The number of rotatable bonds is 5. The zero-order valence-electron chi connectivity index (χ0n) is 10.1. The van der Waals surface area contributed by atoms with E-state index in [-0.39, 0.29) is 0 Å². The van der Waals surface area contributed by atoms with E-state index >= 15 is 0 Å². The number of anilines is 1. The average Bonchev–Trinajstić information content (AvgIpc) is 2.30. The first-order chi connectivity index (χ1) is 7.63. The molecule has 0 amide bonds. The molecule has 1 nitrogen and oxygen atoms in total. The van der Waals surface area contributed by atoms with Crippen LogP contribution in [0.1, 0.15) is 32.8 Å². The van der Waals surface area contributed by atoms with E-state index in [0.717, 1.165) is 23.6 Å². The first kappa shape index (κ1) is 13.7. The molecule has 0 bridgehead atoms. The first-order valence-corrected chi connectivity index (χ1v) is 6.66. The molecule has 0 spiro atoms. The van der Waals surface area contributed by atoms with Crippen LogP contribution in [-0.4, -0.2) is 12.6 Å². The van der Waals surface area contributed by atoms with Gasteiger partial charge >= 0.3 is 0 Å². The maximum atomic E-state index is 6.17. The van der Waals surface area contributed by atoms with Crippen LogP contribution in [0.3, 0.4) is 0 Å². The van der Waals surface area contributed by atoms with Crippen molar-refractivity contribution in [3.05, 3.63) is 28.8 Å². The van der Waals surface area contributed by atoms with Gasteiger partial charge in [0.2, 0.25) is 0 Å². The van der Waals surface area contributed by atoms with Crippen molar-refractivity contribution in [2.24, 2.45) is 0 Å². The van der Waals surface area contributed by atoms with Crippen LogP contribution in [0.2, 0.25) is 5.02 Å². The monoisotopic (exact) mass is 259 g/mol. The number of alkyl halides is 1. The minimum absolute atomic E-state index is 0.467. The lowest BCUT2D eigenvalue weighted by molar-refractivity contribution is 0.630. The third-order valence-corrected chi connectivity index (χ3v) is 3.62. The molecule has 1 aromatic rings. The molecule has 1 unspecified atom stereocenters. The number of hydrogen-bond acceptors (Lipinski definition) is 1. The standard InChI is InChI=1S/C13H19Cl2N/c1-4-10(3)16(5-2)12-7-6-11(9-14)13(15)8-12/h6-8,10H,4-5,9H2,1-3H3. The van der Waals surface area contributed by atoms with E-state index in [2.05, 4.69) is 31.7 Å². The van der Waals surface area contributed by atoms with Crippen LogP contribution in [0.25, 0.3) is 0 Å². The van der Waals surface area contributed by atoms with Gasteiger partial charge in [0.1, 0.15) is 0 Å². The molecule has 0 aliphatic heterocycles. The summed E-state index contributed by atoms with van der Waals surface area (Å²) < 4.78 is 0. The zero-order chi connectivity index (χ0) is 12.1. The van der Waals surface area contributed by atoms with Crippen LogP contribution in [0.15, 0.2) is 18.2 Å². The van der Waals surface area contributed by atoms with Gasteiger partial charge in [-0.1, -0.05) is 24.6 Å². The highest BCUT2D eigenvalue weighted by Crippen LogP contribution is 2.26. The van der Waals surface area contributed by atoms with Crippen molar-refractivity contribution < 1.29 is 0 Å². The second-order valence-corrected chi connectivity index (χ2v) is 4.63. The molecule has 3 heteroatoms. The maximum Gasteiger partial charge on any atom is 0.0488 e. The molecule has 0 radical (unpaired) electrons. The van der Waals surface area contributed by atoms with Gasteiger partial charge in [-0.25, -0.2) is 0 Å². The Morgan fingerprint density at radius 3 is 2.44 bits per heavy atom. The van der Waals surface area contributed by atoms with Crippen LogP contribution in [-0.2, 0) is 5.88 Å². The van der Waals surface area contributed by atoms with Gasteiger partial charge in [-0.15, -0.1) is 11.6 Å². The second kappa shape index (κ2) is 6.36. The molecule has 0 fully saturated rings. The number of benzene rings is 1. The van der Waals surface area contributed by atoms with Gasteiger partial charge in [0, 0.05) is 29.2 Å². The Kier molecular flexibility index (Phi) is 5.43. The number of halogens is 2. The Bertz CT molecular complexity index is 339. The summed E-state index contributed by atoms with van der Waals surface area (Å²) in [6.07, 6.45) is 1.13. The normalized spacial score (nSPS) is 12.6. The summed E-state index contributed by atoms with van der Waals surface area (Å²) in [5.74, 6) is 0.467. The molecule has 16 heavy (non-hydrogen) atoms. The third kappa shape index (κ3) is 3.05. The molecular weight excluding hydrogens is 241 g/mol. The number of nitrogens with zero attached hydrogens (tertiary/aromatic N) is 1. The fraction of sp³-hybridized carbons (Fsp3) is 0.538. The average molecular weight is 260 g/mol. The summed E-state index contributed by atoms with van der Waals surface area (Å²) in [4.78, 5) is 2.35. The van der Waals surface area contributed by atoms with Crippen LogP contribution in [0, 0.1) is 0 Å². The summed E-state index contributed by atoms with van der Waals surface area (Å²) in [6.45, 7) is 7.58. The molecule has 0 aliphatic carbocycles. The lowest BCUT2D eigenvalue weighted by atomic mass is 10.1. The molecule has 0 aliphatic rings. The SMILES string of the molecule is CCC(C)N(CC)c1ccc(CCl)c(Cl)c1. The van der Waals surface area contributed by atoms with Gasteiger partial charge < -0.3 is 4.90 Å².